The fourth-order valence-electron chi connectivity index (χ4n) is 2.78. The molecule has 0 aliphatic heterocycles. The van der Waals surface area contributed by atoms with Crippen LogP contribution in [-0.4, -0.2) is 27.0 Å². The Balaban J connectivity index is 1.38. The third kappa shape index (κ3) is 5.44. The normalized spacial score (nSPS) is 10.8. The first-order valence-corrected chi connectivity index (χ1v) is 10.8. The van der Waals surface area contributed by atoms with E-state index in [9.17, 15) is 0 Å². The largest absolute Gasteiger partial charge is 0.495 e. The highest BCUT2D eigenvalue weighted by Gasteiger charge is 2.10. The van der Waals surface area contributed by atoms with Crippen molar-refractivity contribution in [1.29, 1.82) is 0 Å². The number of nitrogens with two attached hydrogens (primary N) is 1. The van der Waals surface area contributed by atoms with E-state index < -0.39 is 0 Å². The van der Waals surface area contributed by atoms with Crippen LogP contribution in [-0.2, 0) is 11.5 Å². The molecule has 3 N–H and O–H groups in total. The van der Waals surface area contributed by atoms with Gasteiger partial charge in [0.2, 0.25) is 17.8 Å². The molecule has 0 unspecified atom stereocenters. The summed E-state index contributed by atoms with van der Waals surface area (Å²) in [6.45, 7) is 0. The molecule has 0 radical (unpaired) electrons. The van der Waals surface area contributed by atoms with Crippen molar-refractivity contribution in [2.45, 2.75) is 11.5 Å². The molecule has 0 aliphatic carbocycles. The van der Waals surface area contributed by atoms with Crippen LogP contribution in [0.3, 0.4) is 0 Å². The molecule has 0 saturated heterocycles. The van der Waals surface area contributed by atoms with Gasteiger partial charge in [-0.05, 0) is 36.4 Å². The number of oxazole rings is 1. The molecular weight excluding hydrogens is 436 g/mol. The lowest BCUT2D eigenvalue weighted by Gasteiger charge is -2.10. The Kier molecular flexibility index (Phi) is 6.54. The highest BCUT2D eigenvalue weighted by Crippen LogP contribution is 2.27. The van der Waals surface area contributed by atoms with E-state index in [2.05, 4.69) is 25.3 Å². The minimum atomic E-state index is 0.143. The Hall–Kier alpha value is -3.30. The molecule has 31 heavy (non-hydrogen) atoms. The van der Waals surface area contributed by atoms with Crippen LogP contribution in [0.5, 0.6) is 5.75 Å². The van der Waals surface area contributed by atoms with Crippen molar-refractivity contribution in [2.75, 3.05) is 18.2 Å². The summed E-state index contributed by atoms with van der Waals surface area (Å²) in [5, 5.41) is 3.80. The molecule has 2 aromatic carbocycles. The molecular formula is C21H19ClN6O2S. The van der Waals surface area contributed by atoms with Crippen molar-refractivity contribution < 1.29 is 9.15 Å². The summed E-state index contributed by atoms with van der Waals surface area (Å²) in [5.74, 6) is 4.12. The summed E-state index contributed by atoms with van der Waals surface area (Å²) in [6, 6.07) is 14.9. The fraction of sp³-hybridized carbons (Fsp3) is 0.143. The Morgan fingerprint density at radius 2 is 1.87 bits per heavy atom. The molecule has 0 bridgehead atoms. The monoisotopic (exact) mass is 454 g/mol. The van der Waals surface area contributed by atoms with E-state index in [1.54, 1.807) is 25.1 Å². The first-order valence-electron chi connectivity index (χ1n) is 9.29. The molecule has 0 spiro atoms. The number of anilines is 3. The standard InChI is InChI=1S/C21H19ClN6O2S/c1-29-16-5-3-2-4-15(16)25-21-27-18(26-20(23)28-21)11-31-12-19-24-10-17(30-19)13-6-8-14(22)9-7-13/h2-10H,11-12H2,1H3,(H3,23,25,26,27,28). The van der Waals surface area contributed by atoms with Gasteiger partial charge in [-0.15, -0.1) is 11.8 Å². The van der Waals surface area contributed by atoms with Gasteiger partial charge in [0, 0.05) is 10.6 Å². The average molecular weight is 455 g/mol. The number of nitrogens with one attached hydrogen (secondary N) is 1. The van der Waals surface area contributed by atoms with Crippen LogP contribution in [0.25, 0.3) is 11.3 Å². The number of aromatic nitrogens is 4. The molecule has 10 heteroatoms. The number of hydrogen-bond donors (Lipinski definition) is 2. The van der Waals surface area contributed by atoms with Crippen LogP contribution < -0.4 is 15.8 Å². The Morgan fingerprint density at radius 1 is 1.06 bits per heavy atom. The summed E-state index contributed by atoms with van der Waals surface area (Å²) >= 11 is 7.49. The van der Waals surface area contributed by atoms with Gasteiger partial charge in [0.05, 0.1) is 30.5 Å². The highest BCUT2D eigenvalue weighted by atomic mass is 35.5. The number of methoxy groups -OCH3 is 1. The van der Waals surface area contributed by atoms with Crippen LogP contribution in [0, 0.1) is 0 Å². The van der Waals surface area contributed by atoms with Gasteiger partial charge in [0.15, 0.2) is 5.76 Å². The Labute approximate surface area is 188 Å². The SMILES string of the molecule is COc1ccccc1Nc1nc(N)nc(CSCc2ncc(-c3ccc(Cl)cc3)o2)n1. The van der Waals surface area contributed by atoms with Crippen molar-refractivity contribution in [3.63, 3.8) is 0 Å². The third-order valence-corrected chi connectivity index (χ3v) is 5.36. The van der Waals surface area contributed by atoms with Gasteiger partial charge in [0.25, 0.3) is 0 Å². The molecule has 0 atom stereocenters. The van der Waals surface area contributed by atoms with Crippen molar-refractivity contribution >= 4 is 40.9 Å². The lowest BCUT2D eigenvalue weighted by atomic mass is 10.2. The smallest absolute Gasteiger partial charge is 0.232 e. The lowest BCUT2D eigenvalue weighted by Crippen LogP contribution is -2.07. The zero-order valence-electron chi connectivity index (χ0n) is 16.6. The zero-order valence-corrected chi connectivity index (χ0v) is 18.2. The molecule has 2 heterocycles. The van der Waals surface area contributed by atoms with E-state index in [-0.39, 0.29) is 5.95 Å². The van der Waals surface area contributed by atoms with E-state index in [0.717, 1.165) is 11.3 Å². The van der Waals surface area contributed by atoms with Crippen molar-refractivity contribution in [2.24, 2.45) is 0 Å². The van der Waals surface area contributed by atoms with Gasteiger partial charge < -0.3 is 20.2 Å². The molecule has 0 saturated carbocycles. The second kappa shape index (κ2) is 9.67. The van der Waals surface area contributed by atoms with Gasteiger partial charge in [-0.1, -0.05) is 23.7 Å². The summed E-state index contributed by atoms with van der Waals surface area (Å²) in [5.41, 5.74) is 7.52. The number of rotatable bonds is 8. The third-order valence-electron chi connectivity index (χ3n) is 4.19. The number of halogens is 1. The van der Waals surface area contributed by atoms with Crippen molar-refractivity contribution in [3.05, 3.63) is 71.5 Å². The van der Waals surface area contributed by atoms with Crippen LogP contribution in [0.2, 0.25) is 5.02 Å². The number of para-hydroxylation sites is 2. The van der Waals surface area contributed by atoms with Gasteiger partial charge in [-0.25, -0.2) is 4.98 Å². The molecule has 8 nitrogen and oxygen atoms in total. The zero-order chi connectivity index (χ0) is 21.6. The maximum absolute atomic E-state index is 5.93. The number of nitrogens with zero attached hydrogens (tertiary/aromatic N) is 4. The maximum Gasteiger partial charge on any atom is 0.232 e. The second-order valence-electron chi connectivity index (χ2n) is 6.38. The van der Waals surface area contributed by atoms with Crippen LogP contribution in [0.1, 0.15) is 11.7 Å². The minimum Gasteiger partial charge on any atom is -0.495 e. The van der Waals surface area contributed by atoms with Crippen LogP contribution in [0.4, 0.5) is 17.6 Å². The number of benzene rings is 2. The van der Waals surface area contributed by atoms with Gasteiger partial charge in [-0.2, -0.15) is 15.0 Å². The molecule has 0 amide bonds. The predicted octanol–water partition coefficient (Wildman–Crippen LogP) is 4.95. The Bertz CT molecular complexity index is 1170. The average Bonchev–Trinajstić information content (AvgIpc) is 3.23. The number of ether oxygens (including phenoxy) is 1. The second-order valence-corrected chi connectivity index (χ2v) is 7.80. The highest BCUT2D eigenvalue weighted by molar-refractivity contribution is 7.97. The van der Waals surface area contributed by atoms with Crippen LogP contribution >= 0.6 is 23.4 Å². The van der Waals surface area contributed by atoms with E-state index in [0.29, 0.717) is 45.7 Å². The van der Waals surface area contributed by atoms with Gasteiger partial charge in [0.1, 0.15) is 11.6 Å². The molecule has 2 aromatic heterocycles. The van der Waals surface area contributed by atoms with E-state index in [4.69, 9.17) is 26.5 Å². The summed E-state index contributed by atoms with van der Waals surface area (Å²) < 4.78 is 11.2. The molecule has 158 valence electrons. The first-order chi connectivity index (χ1) is 15.1. The quantitative estimate of drug-likeness (QED) is 0.381. The molecule has 4 rings (SSSR count). The van der Waals surface area contributed by atoms with E-state index in [1.807, 2.05) is 48.5 Å². The molecule has 0 aliphatic rings. The fourth-order valence-corrected chi connectivity index (χ4v) is 3.63. The van der Waals surface area contributed by atoms with E-state index >= 15 is 0 Å². The Morgan fingerprint density at radius 3 is 2.68 bits per heavy atom. The predicted molar refractivity (Wildman–Crippen MR) is 122 cm³/mol. The number of thioether (sulfide) groups is 1. The number of nitrogen functional groups attached to an aromatic ring is 1. The van der Waals surface area contributed by atoms with Gasteiger partial charge in [-0.3, -0.25) is 0 Å². The van der Waals surface area contributed by atoms with Crippen molar-refractivity contribution in [1.82, 2.24) is 19.9 Å². The summed E-state index contributed by atoms with van der Waals surface area (Å²) in [7, 11) is 1.60. The van der Waals surface area contributed by atoms with Crippen LogP contribution in [0.15, 0.2) is 59.1 Å². The maximum atomic E-state index is 5.93. The van der Waals surface area contributed by atoms with Gasteiger partial charge >= 0.3 is 0 Å². The first kappa shape index (κ1) is 21.0. The molecule has 4 aromatic rings. The minimum absolute atomic E-state index is 0.143. The molecule has 0 fully saturated rings. The summed E-state index contributed by atoms with van der Waals surface area (Å²) in [6.07, 6.45) is 1.70. The van der Waals surface area contributed by atoms with Crippen molar-refractivity contribution in [3.8, 4) is 17.1 Å². The topological polar surface area (TPSA) is 112 Å². The lowest BCUT2D eigenvalue weighted by molar-refractivity contribution is 0.417. The number of hydrogen-bond acceptors (Lipinski definition) is 9. The van der Waals surface area contributed by atoms with E-state index in [1.165, 1.54) is 0 Å². The summed E-state index contributed by atoms with van der Waals surface area (Å²) in [4.78, 5) is 17.1.